The zero-order chi connectivity index (χ0) is 11.4. The standard InChI is InChI=1S/C7H5N5O3/c8-7(13)5-3-4(10-11-9)1-2-6(5)12(14)15/h1-3H,(H2,8,13). The van der Waals surface area contributed by atoms with Gasteiger partial charge in [-0.1, -0.05) is 5.11 Å². The monoisotopic (exact) mass is 207 g/mol. The molecule has 8 heteroatoms. The molecule has 0 aromatic heterocycles. The summed E-state index contributed by atoms with van der Waals surface area (Å²) in [5.74, 6) is -0.948. The Kier molecular flexibility index (Phi) is 2.85. The normalized spacial score (nSPS) is 9.07. The molecular formula is C7H5N5O3. The van der Waals surface area contributed by atoms with Crippen LogP contribution >= 0.6 is 0 Å². The second kappa shape index (κ2) is 4.07. The molecule has 15 heavy (non-hydrogen) atoms. The van der Waals surface area contributed by atoms with E-state index in [1.165, 1.54) is 6.07 Å². The number of carbonyl (C=O) groups excluding carboxylic acids is 1. The molecule has 0 bridgehead atoms. The van der Waals surface area contributed by atoms with Gasteiger partial charge in [-0.2, -0.15) is 0 Å². The van der Waals surface area contributed by atoms with E-state index in [2.05, 4.69) is 10.0 Å². The van der Waals surface area contributed by atoms with Crippen LogP contribution in [0.5, 0.6) is 0 Å². The Bertz CT molecular complexity index is 478. The van der Waals surface area contributed by atoms with Crippen LogP contribution in [0, 0.1) is 10.1 Å². The molecule has 0 radical (unpaired) electrons. The summed E-state index contributed by atoms with van der Waals surface area (Å²) >= 11 is 0. The summed E-state index contributed by atoms with van der Waals surface area (Å²) in [6.07, 6.45) is 0. The van der Waals surface area contributed by atoms with E-state index < -0.39 is 16.5 Å². The van der Waals surface area contributed by atoms with Crippen molar-refractivity contribution in [2.75, 3.05) is 0 Å². The van der Waals surface area contributed by atoms with Gasteiger partial charge in [0, 0.05) is 16.7 Å². The second-order valence-corrected chi connectivity index (χ2v) is 2.51. The average molecular weight is 207 g/mol. The molecule has 2 N–H and O–H groups in total. The third kappa shape index (κ3) is 2.20. The number of nitrogens with two attached hydrogens (primary N) is 1. The van der Waals surface area contributed by atoms with Crippen molar-refractivity contribution in [3.8, 4) is 0 Å². The number of nitro groups is 1. The van der Waals surface area contributed by atoms with Crippen molar-refractivity contribution in [3.63, 3.8) is 0 Å². The van der Waals surface area contributed by atoms with Gasteiger partial charge in [0.15, 0.2) is 0 Å². The molecule has 1 aromatic carbocycles. The number of primary amides is 1. The first-order chi connectivity index (χ1) is 7.06. The second-order valence-electron chi connectivity index (χ2n) is 2.51. The van der Waals surface area contributed by atoms with Crippen molar-refractivity contribution in [3.05, 3.63) is 44.3 Å². The molecule has 0 saturated heterocycles. The van der Waals surface area contributed by atoms with Crippen LogP contribution in [-0.4, -0.2) is 10.8 Å². The van der Waals surface area contributed by atoms with E-state index in [0.717, 1.165) is 12.1 Å². The highest BCUT2D eigenvalue weighted by molar-refractivity contribution is 5.97. The summed E-state index contributed by atoms with van der Waals surface area (Å²) in [7, 11) is 0. The molecule has 1 aromatic rings. The van der Waals surface area contributed by atoms with Crippen molar-refractivity contribution < 1.29 is 9.72 Å². The minimum atomic E-state index is -0.948. The van der Waals surface area contributed by atoms with Crippen LogP contribution < -0.4 is 5.73 Å². The lowest BCUT2D eigenvalue weighted by Gasteiger charge is -1.99. The van der Waals surface area contributed by atoms with Crippen molar-refractivity contribution in [1.82, 2.24) is 0 Å². The number of azide groups is 1. The van der Waals surface area contributed by atoms with Crippen LogP contribution in [0.25, 0.3) is 10.4 Å². The summed E-state index contributed by atoms with van der Waals surface area (Å²) in [4.78, 5) is 23.1. The maximum atomic E-state index is 10.9. The highest BCUT2D eigenvalue weighted by Gasteiger charge is 2.17. The highest BCUT2D eigenvalue weighted by Crippen LogP contribution is 2.23. The fourth-order valence-electron chi connectivity index (χ4n) is 0.994. The quantitative estimate of drug-likeness (QED) is 0.265. The predicted octanol–water partition coefficient (Wildman–Crippen LogP) is 1.64. The third-order valence-corrected chi connectivity index (χ3v) is 1.60. The van der Waals surface area contributed by atoms with Gasteiger partial charge in [0.1, 0.15) is 5.56 Å². The molecule has 8 nitrogen and oxygen atoms in total. The number of hydrogen-bond acceptors (Lipinski definition) is 4. The Morgan fingerprint density at radius 3 is 2.73 bits per heavy atom. The van der Waals surface area contributed by atoms with Crippen LogP contribution in [0.1, 0.15) is 10.4 Å². The van der Waals surface area contributed by atoms with Gasteiger partial charge >= 0.3 is 0 Å². The molecule has 1 rings (SSSR count). The first-order valence-corrected chi connectivity index (χ1v) is 3.69. The molecule has 0 spiro atoms. The van der Waals surface area contributed by atoms with Crippen molar-refractivity contribution in [2.45, 2.75) is 0 Å². The van der Waals surface area contributed by atoms with Crippen molar-refractivity contribution in [1.29, 1.82) is 0 Å². The molecule has 0 unspecified atom stereocenters. The number of nitro benzene ring substituents is 1. The number of rotatable bonds is 3. The Morgan fingerprint density at radius 1 is 1.60 bits per heavy atom. The van der Waals surface area contributed by atoms with Gasteiger partial charge in [-0.05, 0) is 17.7 Å². The van der Waals surface area contributed by atoms with Crippen molar-refractivity contribution >= 4 is 17.3 Å². The SMILES string of the molecule is [N-]=[N+]=Nc1ccc([N+](=O)[O-])c(C(N)=O)c1. The lowest BCUT2D eigenvalue weighted by atomic mass is 10.1. The van der Waals surface area contributed by atoms with Gasteiger partial charge in [-0.3, -0.25) is 14.9 Å². The Morgan fingerprint density at radius 2 is 2.27 bits per heavy atom. The van der Waals surface area contributed by atoms with Crippen molar-refractivity contribution in [2.24, 2.45) is 10.8 Å². The number of benzene rings is 1. The van der Waals surface area contributed by atoms with E-state index in [-0.39, 0.29) is 11.3 Å². The highest BCUT2D eigenvalue weighted by atomic mass is 16.6. The van der Waals surface area contributed by atoms with Crippen LogP contribution in [-0.2, 0) is 0 Å². The van der Waals surface area contributed by atoms with Gasteiger partial charge in [-0.15, -0.1) is 0 Å². The van der Waals surface area contributed by atoms with E-state index in [9.17, 15) is 14.9 Å². The van der Waals surface area contributed by atoms with Crippen LogP contribution in [0.15, 0.2) is 23.3 Å². The van der Waals surface area contributed by atoms with Gasteiger partial charge in [0.05, 0.1) is 4.92 Å². The average Bonchev–Trinajstić information content (AvgIpc) is 2.17. The first-order valence-electron chi connectivity index (χ1n) is 3.69. The number of hydrogen-bond donors (Lipinski definition) is 1. The van der Waals surface area contributed by atoms with Gasteiger partial charge in [0.2, 0.25) is 0 Å². The fraction of sp³-hybridized carbons (Fsp3) is 0. The summed E-state index contributed by atoms with van der Waals surface area (Å²) < 4.78 is 0. The predicted molar refractivity (Wildman–Crippen MR) is 50.4 cm³/mol. The maximum absolute atomic E-state index is 10.9. The molecule has 0 atom stereocenters. The van der Waals surface area contributed by atoms with Crippen LogP contribution in [0.2, 0.25) is 0 Å². The van der Waals surface area contributed by atoms with E-state index in [1.54, 1.807) is 0 Å². The van der Waals surface area contributed by atoms with Gasteiger partial charge in [-0.25, -0.2) is 0 Å². The minimum Gasteiger partial charge on any atom is -0.365 e. The number of amides is 1. The zero-order valence-electron chi connectivity index (χ0n) is 7.32. The zero-order valence-corrected chi connectivity index (χ0v) is 7.32. The molecule has 0 fully saturated rings. The first kappa shape index (κ1) is 10.5. The molecule has 0 aliphatic carbocycles. The molecule has 0 aliphatic rings. The minimum absolute atomic E-state index is 0.0944. The van der Waals surface area contributed by atoms with Gasteiger partial charge in [0.25, 0.3) is 11.6 Å². The fourth-order valence-corrected chi connectivity index (χ4v) is 0.994. The molecule has 0 aliphatic heterocycles. The van der Waals surface area contributed by atoms with E-state index in [1.807, 2.05) is 0 Å². The molecule has 1 amide bonds. The van der Waals surface area contributed by atoms with E-state index in [4.69, 9.17) is 11.3 Å². The van der Waals surface area contributed by atoms with Gasteiger partial charge < -0.3 is 5.73 Å². The summed E-state index contributed by atoms with van der Waals surface area (Å²) in [5.41, 5.74) is 12.5. The third-order valence-electron chi connectivity index (χ3n) is 1.60. The summed E-state index contributed by atoms with van der Waals surface area (Å²) in [6, 6.07) is 3.36. The lowest BCUT2D eigenvalue weighted by Crippen LogP contribution is -2.13. The smallest absolute Gasteiger partial charge is 0.282 e. The topological polar surface area (TPSA) is 135 Å². The molecule has 0 heterocycles. The Balaban J connectivity index is 3.39. The summed E-state index contributed by atoms with van der Waals surface area (Å²) in [5, 5.41) is 13.7. The summed E-state index contributed by atoms with van der Waals surface area (Å²) in [6.45, 7) is 0. The Hall–Kier alpha value is -2.60. The van der Waals surface area contributed by atoms with E-state index in [0.29, 0.717) is 0 Å². The molecule has 0 saturated carbocycles. The lowest BCUT2D eigenvalue weighted by molar-refractivity contribution is -0.385. The molecular weight excluding hydrogens is 202 g/mol. The maximum Gasteiger partial charge on any atom is 0.282 e. The molecule has 76 valence electrons. The van der Waals surface area contributed by atoms with Crippen LogP contribution in [0.4, 0.5) is 11.4 Å². The van der Waals surface area contributed by atoms with Crippen LogP contribution in [0.3, 0.4) is 0 Å². The van der Waals surface area contributed by atoms with E-state index >= 15 is 0 Å². The Labute approximate surface area is 83.1 Å². The number of nitrogens with zero attached hydrogens (tertiary/aromatic N) is 4. The largest absolute Gasteiger partial charge is 0.365 e. The number of carbonyl (C=O) groups is 1.